The van der Waals surface area contributed by atoms with Gasteiger partial charge in [0.15, 0.2) is 0 Å². The topological polar surface area (TPSA) is 29.1 Å². The van der Waals surface area contributed by atoms with Crippen molar-refractivity contribution >= 4 is 52.6 Å². The number of carbonyl (C=O) groups excluding carboxylic acids is 1. The molecule has 3 aromatic carbocycles. The summed E-state index contributed by atoms with van der Waals surface area (Å²) < 4.78 is 0. The lowest BCUT2D eigenvalue weighted by atomic mass is 10.2. The predicted octanol–water partition coefficient (Wildman–Crippen LogP) is 6.80. The molecule has 3 rings (SSSR count). The molecule has 2 nitrogen and oxygen atoms in total. The third-order valence-corrected chi connectivity index (χ3v) is 5.14. The Kier molecular flexibility index (Phi) is 6.40. The van der Waals surface area contributed by atoms with Gasteiger partial charge in [0, 0.05) is 25.9 Å². The molecule has 130 valence electrons. The molecular formula is C21H15Cl2NOS. The van der Waals surface area contributed by atoms with Crippen molar-refractivity contribution in [2.75, 3.05) is 5.32 Å². The zero-order chi connectivity index (χ0) is 18.4. The lowest BCUT2D eigenvalue weighted by molar-refractivity contribution is -0.111. The smallest absolute Gasteiger partial charge is 0.248 e. The summed E-state index contributed by atoms with van der Waals surface area (Å²) >= 11 is 13.6. The summed E-state index contributed by atoms with van der Waals surface area (Å²) in [6.07, 6.45) is 3.13. The molecule has 0 radical (unpaired) electrons. The summed E-state index contributed by atoms with van der Waals surface area (Å²) in [5.41, 5.74) is 1.50. The van der Waals surface area contributed by atoms with Crippen molar-refractivity contribution in [1.29, 1.82) is 0 Å². The van der Waals surface area contributed by atoms with Crippen molar-refractivity contribution in [1.82, 2.24) is 0 Å². The van der Waals surface area contributed by atoms with Gasteiger partial charge in [-0.3, -0.25) is 4.79 Å². The highest BCUT2D eigenvalue weighted by molar-refractivity contribution is 7.99. The Morgan fingerprint density at radius 1 is 0.923 bits per heavy atom. The average molecular weight is 400 g/mol. The van der Waals surface area contributed by atoms with Gasteiger partial charge in [-0.2, -0.15) is 0 Å². The second-order valence-electron chi connectivity index (χ2n) is 5.40. The number of anilines is 1. The van der Waals surface area contributed by atoms with E-state index in [-0.39, 0.29) is 5.91 Å². The van der Waals surface area contributed by atoms with Crippen molar-refractivity contribution in [3.8, 4) is 0 Å². The van der Waals surface area contributed by atoms with Crippen LogP contribution in [-0.4, -0.2) is 5.91 Å². The van der Waals surface area contributed by atoms with E-state index >= 15 is 0 Å². The fourth-order valence-electron chi connectivity index (χ4n) is 2.25. The standard InChI is InChI=1S/C21H15Cl2NOS/c22-16-12-10-15(18(23)14-16)11-13-21(25)24-19-8-4-5-9-20(19)26-17-6-2-1-3-7-17/h1-14H,(H,24,25)/b13-11+. The molecule has 26 heavy (non-hydrogen) atoms. The van der Waals surface area contributed by atoms with Crippen LogP contribution in [0.25, 0.3) is 6.08 Å². The number of rotatable bonds is 5. The van der Waals surface area contributed by atoms with Gasteiger partial charge < -0.3 is 5.32 Å². The van der Waals surface area contributed by atoms with Crippen LogP contribution in [0.1, 0.15) is 5.56 Å². The van der Waals surface area contributed by atoms with Crippen LogP contribution in [-0.2, 0) is 4.79 Å². The number of carbonyl (C=O) groups is 1. The van der Waals surface area contributed by atoms with Gasteiger partial charge >= 0.3 is 0 Å². The lowest BCUT2D eigenvalue weighted by Gasteiger charge is -2.09. The van der Waals surface area contributed by atoms with Crippen molar-refractivity contribution in [2.45, 2.75) is 9.79 Å². The molecule has 0 aliphatic carbocycles. The Labute approximate surface area is 166 Å². The number of para-hydroxylation sites is 1. The highest BCUT2D eigenvalue weighted by Crippen LogP contribution is 2.33. The third-order valence-electron chi connectivity index (χ3n) is 3.49. The van der Waals surface area contributed by atoms with Crippen LogP contribution in [0.2, 0.25) is 10.0 Å². The number of hydrogen-bond donors (Lipinski definition) is 1. The van der Waals surface area contributed by atoms with Crippen molar-refractivity contribution in [3.63, 3.8) is 0 Å². The molecule has 3 aromatic rings. The Bertz CT molecular complexity index is 942. The third kappa shape index (κ3) is 5.15. The fourth-order valence-corrected chi connectivity index (χ4v) is 3.65. The molecule has 0 saturated heterocycles. The largest absolute Gasteiger partial charge is 0.321 e. The molecule has 0 aromatic heterocycles. The molecule has 0 spiro atoms. The molecule has 1 amide bonds. The summed E-state index contributed by atoms with van der Waals surface area (Å²) in [6.45, 7) is 0. The second-order valence-corrected chi connectivity index (χ2v) is 7.36. The van der Waals surface area contributed by atoms with Gasteiger partial charge in [-0.25, -0.2) is 0 Å². The number of benzene rings is 3. The molecule has 0 saturated carbocycles. The van der Waals surface area contributed by atoms with E-state index in [0.717, 1.165) is 21.0 Å². The molecule has 0 fully saturated rings. The molecule has 0 aliphatic heterocycles. The van der Waals surface area contributed by atoms with E-state index in [1.807, 2.05) is 54.6 Å². The zero-order valence-corrected chi connectivity index (χ0v) is 16.0. The zero-order valence-electron chi connectivity index (χ0n) is 13.7. The molecule has 5 heteroatoms. The van der Waals surface area contributed by atoms with E-state index in [4.69, 9.17) is 23.2 Å². The van der Waals surface area contributed by atoms with E-state index in [1.54, 1.807) is 36.0 Å². The van der Waals surface area contributed by atoms with Crippen LogP contribution < -0.4 is 5.32 Å². The highest BCUT2D eigenvalue weighted by Gasteiger charge is 2.06. The maximum Gasteiger partial charge on any atom is 0.248 e. The van der Waals surface area contributed by atoms with Crippen molar-refractivity contribution in [2.24, 2.45) is 0 Å². The Balaban J connectivity index is 1.72. The minimum atomic E-state index is -0.225. The number of halogens is 2. The van der Waals surface area contributed by atoms with Gasteiger partial charge in [-0.15, -0.1) is 0 Å². The average Bonchev–Trinajstić information content (AvgIpc) is 2.63. The molecule has 0 unspecified atom stereocenters. The monoisotopic (exact) mass is 399 g/mol. The summed E-state index contributed by atoms with van der Waals surface area (Å²) in [5, 5.41) is 3.98. The van der Waals surface area contributed by atoms with Gasteiger partial charge in [-0.1, -0.05) is 71.4 Å². The van der Waals surface area contributed by atoms with E-state index in [9.17, 15) is 4.79 Å². The van der Waals surface area contributed by atoms with Crippen LogP contribution in [0.15, 0.2) is 88.7 Å². The molecular weight excluding hydrogens is 385 g/mol. The number of nitrogens with one attached hydrogen (secondary N) is 1. The number of hydrogen-bond acceptors (Lipinski definition) is 2. The first-order valence-corrected chi connectivity index (χ1v) is 9.45. The van der Waals surface area contributed by atoms with E-state index in [2.05, 4.69) is 5.32 Å². The first kappa shape index (κ1) is 18.6. The van der Waals surface area contributed by atoms with Gasteiger partial charge in [0.1, 0.15) is 0 Å². The van der Waals surface area contributed by atoms with Gasteiger partial charge in [0.05, 0.1) is 5.69 Å². The van der Waals surface area contributed by atoms with Crippen molar-refractivity contribution < 1.29 is 4.79 Å². The molecule has 0 atom stereocenters. The molecule has 0 bridgehead atoms. The molecule has 0 heterocycles. The van der Waals surface area contributed by atoms with Crippen LogP contribution in [0.3, 0.4) is 0 Å². The molecule has 0 aliphatic rings. The Morgan fingerprint density at radius 2 is 1.65 bits per heavy atom. The van der Waals surface area contributed by atoms with E-state index in [0.29, 0.717) is 10.0 Å². The van der Waals surface area contributed by atoms with Crippen molar-refractivity contribution in [3.05, 3.63) is 94.5 Å². The van der Waals surface area contributed by atoms with Crippen LogP contribution >= 0.6 is 35.0 Å². The van der Waals surface area contributed by atoms with E-state index in [1.165, 1.54) is 6.08 Å². The Hall–Kier alpha value is -2.20. The summed E-state index contributed by atoms with van der Waals surface area (Å²) in [7, 11) is 0. The first-order valence-electron chi connectivity index (χ1n) is 7.88. The lowest BCUT2D eigenvalue weighted by Crippen LogP contribution is -2.08. The quantitative estimate of drug-likeness (QED) is 0.478. The van der Waals surface area contributed by atoms with Gasteiger partial charge in [0.25, 0.3) is 0 Å². The summed E-state index contributed by atoms with van der Waals surface area (Å²) in [5.74, 6) is -0.225. The first-order chi connectivity index (χ1) is 12.6. The second kappa shape index (κ2) is 8.95. The highest BCUT2D eigenvalue weighted by atomic mass is 35.5. The maximum absolute atomic E-state index is 12.3. The fraction of sp³-hybridized carbons (Fsp3) is 0. The number of amides is 1. The van der Waals surface area contributed by atoms with Gasteiger partial charge in [0.2, 0.25) is 5.91 Å². The maximum atomic E-state index is 12.3. The molecule has 1 N–H and O–H groups in total. The summed E-state index contributed by atoms with van der Waals surface area (Å²) in [6, 6.07) is 22.9. The predicted molar refractivity (Wildman–Crippen MR) is 111 cm³/mol. The Morgan fingerprint density at radius 3 is 2.42 bits per heavy atom. The SMILES string of the molecule is O=C(/C=C/c1ccc(Cl)cc1Cl)Nc1ccccc1Sc1ccccc1. The normalized spacial score (nSPS) is 10.8. The van der Waals surface area contributed by atoms with Crippen LogP contribution in [0, 0.1) is 0 Å². The van der Waals surface area contributed by atoms with Crippen LogP contribution in [0.5, 0.6) is 0 Å². The minimum Gasteiger partial charge on any atom is -0.321 e. The van der Waals surface area contributed by atoms with Crippen LogP contribution in [0.4, 0.5) is 5.69 Å². The minimum absolute atomic E-state index is 0.225. The van der Waals surface area contributed by atoms with Gasteiger partial charge in [-0.05, 0) is 48.0 Å². The summed E-state index contributed by atoms with van der Waals surface area (Å²) in [4.78, 5) is 14.4. The van der Waals surface area contributed by atoms with E-state index < -0.39 is 0 Å².